The third-order valence-electron chi connectivity index (χ3n) is 27.7. The summed E-state index contributed by atoms with van der Waals surface area (Å²) in [6.45, 7) is 0. The van der Waals surface area contributed by atoms with Crippen molar-refractivity contribution in [2.45, 2.75) is 35.3 Å². The van der Waals surface area contributed by atoms with Crippen molar-refractivity contribution in [1.82, 2.24) is 5.32 Å². The standard InChI is InChI=1S/C76H11F6N/c77-75(78,79)11-6-10(7-12(8-11)76(80,81)82)72-74-69-61-53-43-33-25-17-14-13-15-19-21(17)29-35-27(19)37-31-23(15)24-16(13)20-22-18(14)26(25)34-40-30(22)36-28(20)38-32(24)42-41(31)51-45(37)55-49(35)57(47(53)39(29)33)65(69)63(55)67-59(51)60-52(42)46(38)56-50(36)58-48(40)54(44(34)43)62(61)70(74)66(58)64(56)68(60)73(67,74)71(83-72)9-4-2-1-3-5-9/h1-8,71-72,83H. The third kappa shape index (κ3) is 2.04. The first kappa shape index (κ1) is 34.0. The summed E-state index contributed by atoms with van der Waals surface area (Å²) in [4.78, 5) is 0. The minimum atomic E-state index is -5.04. The van der Waals surface area contributed by atoms with Gasteiger partial charge in [-0.1, -0.05) is 30.3 Å². The van der Waals surface area contributed by atoms with Crippen LogP contribution in [0.1, 0.15) is 56.6 Å². The van der Waals surface area contributed by atoms with Crippen molar-refractivity contribution in [3.63, 3.8) is 0 Å². The van der Waals surface area contributed by atoms with Crippen molar-refractivity contribution in [3.05, 3.63) is 93.0 Å². The molecule has 4 aliphatic carbocycles. The van der Waals surface area contributed by atoms with Gasteiger partial charge in [-0.3, -0.25) is 0 Å². The molecule has 30 aromatic rings. The van der Waals surface area contributed by atoms with Crippen LogP contribution in [-0.4, -0.2) is 0 Å². The molecular formula is C76H11F6N. The number of hydrogen-bond donors (Lipinski definition) is 1. The first-order valence-electron chi connectivity index (χ1n) is 29.5. The van der Waals surface area contributed by atoms with Crippen LogP contribution in [0.25, 0.3) is 291 Å². The third-order valence-corrected chi connectivity index (χ3v) is 27.7. The van der Waals surface area contributed by atoms with Gasteiger partial charge in [-0.15, -0.1) is 0 Å². The Morgan fingerprint density at radius 2 is 0.410 bits per heavy atom. The van der Waals surface area contributed by atoms with E-state index in [-0.39, 0.29) is 5.56 Å². The molecule has 1 N–H and O–H groups in total. The molecule has 83 heavy (non-hydrogen) atoms. The van der Waals surface area contributed by atoms with E-state index in [9.17, 15) is 0 Å². The zero-order chi connectivity index (χ0) is 51.3. The van der Waals surface area contributed by atoms with Gasteiger partial charge in [-0.2, -0.15) is 26.3 Å². The lowest BCUT2D eigenvalue weighted by Crippen LogP contribution is -2.52. The number of halogens is 6. The molecule has 1 heterocycles. The highest BCUT2D eigenvalue weighted by Gasteiger charge is 2.78. The van der Waals surface area contributed by atoms with E-state index in [1.165, 1.54) is 313 Å². The summed E-state index contributed by atoms with van der Waals surface area (Å²) in [6.07, 6.45) is -10.1. The summed E-state index contributed by atoms with van der Waals surface area (Å²) in [7, 11) is 0. The van der Waals surface area contributed by atoms with Gasteiger partial charge >= 0.3 is 12.4 Å². The SMILES string of the molecule is FC(F)(F)c1cc(C2NC(c3ccccc3)C34c5c6c7c8c9c%10c(c%11c%12c3c3c5c5c%13c6c6c7c7c9c9c%14c%10c%10c%11c%11c%12c%12c3c3c5c5c%13c%13c6c6c7c9c7c9c%14c%10c%10c%11c%11c%12c3c3c5c5c%13c6c7c6c9c%10c%11c3c56)C824)cc(C(F)(F)F)c1. The summed E-state index contributed by atoms with van der Waals surface area (Å²) in [5.74, 6) is 0. The predicted molar refractivity (Wildman–Crippen MR) is 325 cm³/mol. The van der Waals surface area contributed by atoms with E-state index in [1.54, 1.807) is 0 Å². The van der Waals surface area contributed by atoms with Gasteiger partial charge in [0.15, 0.2) is 0 Å². The Balaban J connectivity index is 1.04. The maximum atomic E-state index is 15.9. The number of nitrogens with one attached hydrogen (secondary N) is 1. The Bertz CT molecular complexity index is 7890. The van der Waals surface area contributed by atoms with Gasteiger partial charge in [-0.05, 0) is 342 Å². The molecule has 30 aromatic carbocycles. The molecule has 0 radical (unpaired) electrons. The molecular weight excluding hydrogens is 1040 g/mol. The van der Waals surface area contributed by atoms with E-state index in [1.807, 2.05) is 6.07 Å². The number of benzene rings is 20. The van der Waals surface area contributed by atoms with Crippen molar-refractivity contribution in [1.29, 1.82) is 0 Å². The quantitative estimate of drug-likeness (QED) is 0.134. The molecule has 0 aromatic heterocycles. The van der Waals surface area contributed by atoms with Crippen LogP contribution in [0, 0.1) is 0 Å². The van der Waals surface area contributed by atoms with Gasteiger partial charge in [0, 0.05) is 12.1 Å². The van der Waals surface area contributed by atoms with Crippen molar-refractivity contribution in [3.8, 4) is 0 Å². The lowest BCUT2D eigenvalue weighted by Gasteiger charge is -2.53. The van der Waals surface area contributed by atoms with Gasteiger partial charge in [0.05, 0.1) is 22.0 Å². The number of rotatable bonds is 2. The van der Waals surface area contributed by atoms with E-state index in [0.29, 0.717) is 6.07 Å². The van der Waals surface area contributed by atoms with Crippen molar-refractivity contribution < 1.29 is 26.3 Å². The fourth-order valence-corrected chi connectivity index (χ4v) is 27.3. The summed E-state index contributed by atoms with van der Waals surface area (Å²) >= 11 is 0. The molecule has 2 unspecified atom stereocenters. The minimum absolute atomic E-state index is 0.0578. The lowest BCUT2D eigenvalue weighted by atomic mass is 9.45. The Hall–Kier alpha value is -9.56. The van der Waals surface area contributed by atoms with Crippen LogP contribution >= 0.6 is 0 Å². The van der Waals surface area contributed by atoms with Crippen LogP contribution in [0.5, 0.6) is 0 Å². The van der Waals surface area contributed by atoms with Crippen LogP contribution in [0.4, 0.5) is 26.3 Å². The Morgan fingerprint density at radius 3 is 0.602 bits per heavy atom. The fraction of sp³-hybridized carbons (Fsp3) is 0.0789. The van der Waals surface area contributed by atoms with Crippen molar-refractivity contribution in [2.24, 2.45) is 0 Å². The monoisotopic (exact) mass is 1050 g/mol. The largest absolute Gasteiger partial charge is 0.416 e. The van der Waals surface area contributed by atoms with E-state index < -0.39 is 46.4 Å². The van der Waals surface area contributed by atoms with Crippen molar-refractivity contribution in [2.75, 3.05) is 0 Å². The molecule has 0 amide bonds. The molecule has 2 atom stereocenters. The maximum Gasteiger partial charge on any atom is 0.416 e. The minimum Gasteiger partial charge on any atom is -0.301 e. The Labute approximate surface area is 448 Å². The first-order chi connectivity index (χ1) is 40.6. The van der Waals surface area contributed by atoms with Gasteiger partial charge in [0.25, 0.3) is 0 Å². The number of hydrogen-bond acceptors (Lipinski definition) is 1. The van der Waals surface area contributed by atoms with Gasteiger partial charge in [-0.25, -0.2) is 0 Å². The topological polar surface area (TPSA) is 12.0 Å². The molecule has 0 saturated carbocycles. The molecule has 1 saturated heterocycles. The average Bonchev–Trinajstić information content (AvgIpc) is 1.39. The summed E-state index contributed by atoms with van der Waals surface area (Å²) in [5, 5.41) is 79.5. The zero-order valence-corrected chi connectivity index (χ0v) is 41.5. The van der Waals surface area contributed by atoms with E-state index in [4.69, 9.17) is 0 Å². The molecule has 362 valence electrons. The van der Waals surface area contributed by atoms with Gasteiger partial charge < -0.3 is 5.32 Å². The molecule has 1 nitrogen and oxygen atoms in total. The summed E-state index contributed by atoms with van der Waals surface area (Å²) in [6, 6.07) is 11.6. The van der Waals surface area contributed by atoms with Crippen LogP contribution in [0.2, 0.25) is 0 Å². The summed E-state index contributed by atoms with van der Waals surface area (Å²) in [5.41, 5.74) is 1.24. The molecule has 1 fully saturated rings. The molecule has 35 rings (SSSR count). The highest BCUT2D eigenvalue weighted by Crippen LogP contribution is 2.88. The first-order valence-corrected chi connectivity index (χ1v) is 29.5. The molecule has 2 spiro atoms. The van der Waals surface area contributed by atoms with Gasteiger partial charge in [0.2, 0.25) is 0 Å². The zero-order valence-electron chi connectivity index (χ0n) is 41.5. The molecule has 1 aliphatic heterocycles. The van der Waals surface area contributed by atoms with Crippen LogP contribution < -0.4 is 5.32 Å². The predicted octanol–water partition coefficient (Wildman–Crippen LogP) is 21.4. The van der Waals surface area contributed by atoms with Crippen LogP contribution in [-0.2, 0) is 23.2 Å². The maximum absolute atomic E-state index is 15.9. The molecule has 5 aliphatic rings. The van der Waals surface area contributed by atoms with Crippen LogP contribution in [0.15, 0.2) is 48.5 Å². The van der Waals surface area contributed by atoms with E-state index in [0.717, 1.165) is 17.7 Å². The fourth-order valence-electron chi connectivity index (χ4n) is 27.3. The second-order valence-electron chi connectivity index (χ2n) is 28.6. The van der Waals surface area contributed by atoms with E-state index >= 15 is 26.3 Å². The van der Waals surface area contributed by atoms with Crippen LogP contribution in [0.3, 0.4) is 0 Å². The smallest absolute Gasteiger partial charge is 0.301 e. The second kappa shape index (κ2) is 7.97. The molecule has 7 heteroatoms. The van der Waals surface area contributed by atoms with Gasteiger partial charge in [0.1, 0.15) is 0 Å². The number of alkyl halides is 6. The second-order valence-corrected chi connectivity index (χ2v) is 28.6. The molecule has 0 bridgehead atoms. The highest BCUT2D eigenvalue weighted by atomic mass is 19.4. The Kier molecular flexibility index (Phi) is 3.26. The average molecular weight is 1050 g/mol. The van der Waals surface area contributed by atoms with E-state index in [2.05, 4.69) is 29.6 Å². The normalized spacial score (nSPS) is 23.1. The Morgan fingerprint density at radius 1 is 0.229 bits per heavy atom. The lowest BCUT2D eigenvalue weighted by molar-refractivity contribution is -0.143. The highest BCUT2D eigenvalue weighted by molar-refractivity contribution is 6.82. The summed E-state index contributed by atoms with van der Waals surface area (Å²) < 4.78 is 95.2. The van der Waals surface area contributed by atoms with Crippen molar-refractivity contribution >= 4 is 291 Å².